The average Bonchev–Trinajstić information content (AvgIpc) is 2.91. The third-order valence-corrected chi connectivity index (χ3v) is 3.56. The molecule has 0 aliphatic heterocycles. The maximum atomic E-state index is 12.0. The molecule has 0 radical (unpaired) electrons. The normalized spacial score (nSPS) is 23.0. The van der Waals surface area contributed by atoms with Crippen molar-refractivity contribution in [3.63, 3.8) is 0 Å². The molecule has 0 spiro atoms. The van der Waals surface area contributed by atoms with Gasteiger partial charge in [0.25, 0.3) is 0 Å². The highest BCUT2D eigenvalue weighted by molar-refractivity contribution is 5.94. The van der Waals surface area contributed by atoms with E-state index in [0.717, 1.165) is 12.0 Å². The van der Waals surface area contributed by atoms with E-state index in [1.807, 2.05) is 0 Å². The number of aliphatic carboxylic acids is 1. The van der Waals surface area contributed by atoms with Gasteiger partial charge >= 0.3 is 5.97 Å². The van der Waals surface area contributed by atoms with Crippen molar-refractivity contribution < 1.29 is 19.2 Å². The Morgan fingerprint density at radius 3 is 2.56 bits per heavy atom. The molecular weight excluding hydrogens is 236 g/mol. The maximum absolute atomic E-state index is 12.0. The minimum absolute atomic E-state index is 0.292. The Bertz CT molecular complexity index is 480. The molecule has 18 heavy (non-hydrogen) atoms. The molecule has 1 heterocycles. The number of nitrogens with one attached hydrogen (secondary N) is 1. The quantitative estimate of drug-likeness (QED) is 0.854. The van der Waals surface area contributed by atoms with Crippen molar-refractivity contribution in [2.24, 2.45) is 11.8 Å². The minimum Gasteiger partial charge on any atom is -0.481 e. The van der Waals surface area contributed by atoms with Crippen LogP contribution in [0.1, 0.15) is 30.5 Å². The Morgan fingerprint density at radius 1 is 1.33 bits per heavy atom. The predicted molar refractivity (Wildman–Crippen MR) is 63.1 cm³/mol. The Morgan fingerprint density at radius 2 is 2.00 bits per heavy atom. The standard InChI is InChI=1S/C12H16N2O4/c1-6-7(2)14-18-11(6)13-10(15)8-4-3-5-9(8)12(16)17/h8-9H,3-5H2,1-2H3,(H,13,15)(H,16,17). The average molecular weight is 252 g/mol. The van der Waals surface area contributed by atoms with Gasteiger partial charge in [0, 0.05) is 5.56 Å². The van der Waals surface area contributed by atoms with Crippen LogP contribution in [0.4, 0.5) is 5.88 Å². The Balaban J connectivity index is 2.08. The van der Waals surface area contributed by atoms with E-state index in [9.17, 15) is 9.59 Å². The first-order valence-corrected chi connectivity index (χ1v) is 5.97. The van der Waals surface area contributed by atoms with Crippen molar-refractivity contribution >= 4 is 17.8 Å². The summed E-state index contributed by atoms with van der Waals surface area (Å²) in [5.41, 5.74) is 1.49. The molecule has 1 fully saturated rings. The van der Waals surface area contributed by atoms with Crippen molar-refractivity contribution in [1.29, 1.82) is 0 Å². The van der Waals surface area contributed by atoms with Crippen LogP contribution >= 0.6 is 0 Å². The number of carbonyl (C=O) groups excluding carboxylic acids is 1. The first-order valence-electron chi connectivity index (χ1n) is 5.97. The molecule has 1 aromatic heterocycles. The summed E-state index contributed by atoms with van der Waals surface area (Å²) < 4.78 is 4.99. The summed E-state index contributed by atoms with van der Waals surface area (Å²) in [5.74, 6) is -1.95. The van der Waals surface area contributed by atoms with E-state index >= 15 is 0 Å². The van der Waals surface area contributed by atoms with E-state index in [4.69, 9.17) is 9.63 Å². The highest BCUT2D eigenvalue weighted by Gasteiger charge is 2.38. The third-order valence-electron chi connectivity index (χ3n) is 3.56. The molecule has 0 aromatic carbocycles. The van der Waals surface area contributed by atoms with Crippen LogP contribution in [-0.4, -0.2) is 22.1 Å². The molecular formula is C12H16N2O4. The summed E-state index contributed by atoms with van der Waals surface area (Å²) in [6.45, 7) is 3.58. The lowest BCUT2D eigenvalue weighted by Gasteiger charge is -2.14. The Labute approximate surface area is 104 Å². The fraction of sp³-hybridized carbons (Fsp3) is 0.583. The zero-order valence-corrected chi connectivity index (χ0v) is 10.4. The lowest BCUT2D eigenvalue weighted by molar-refractivity contribution is -0.145. The lowest BCUT2D eigenvalue weighted by Crippen LogP contribution is -2.30. The summed E-state index contributed by atoms with van der Waals surface area (Å²) in [5, 5.41) is 15.4. The highest BCUT2D eigenvalue weighted by atomic mass is 16.5. The molecule has 1 aliphatic carbocycles. The van der Waals surface area contributed by atoms with Gasteiger partial charge in [-0.15, -0.1) is 0 Å². The minimum atomic E-state index is -0.905. The number of anilines is 1. The Kier molecular flexibility index (Phi) is 3.36. The van der Waals surface area contributed by atoms with Gasteiger partial charge in [-0.1, -0.05) is 11.6 Å². The van der Waals surface area contributed by atoms with Crippen LogP contribution in [-0.2, 0) is 9.59 Å². The second-order valence-electron chi connectivity index (χ2n) is 4.69. The molecule has 0 bridgehead atoms. The van der Waals surface area contributed by atoms with Crippen molar-refractivity contribution in [2.75, 3.05) is 5.32 Å². The van der Waals surface area contributed by atoms with Gasteiger partial charge in [0.1, 0.15) is 0 Å². The maximum Gasteiger partial charge on any atom is 0.307 e. The molecule has 6 heteroatoms. The molecule has 2 N–H and O–H groups in total. The van der Waals surface area contributed by atoms with Crippen LogP contribution in [0.5, 0.6) is 0 Å². The summed E-state index contributed by atoms with van der Waals surface area (Å²) in [4.78, 5) is 23.1. The molecule has 6 nitrogen and oxygen atoms in total. The molecule has 1 saturated carbocycles. The molecule has 1 aromatic rings. The Hall–Kier alpha value is -1.85. The fourth-order valence-electron chi connectivity index (χ4n) is 2.31. The van der Waals surface area contributed by atoms with Crippen LogP contribution in [0.25, 0.3) is 0 Å². The van der Waals surface area contributed by atoms with Gasteiger partial charge in [-0.3, -0.25) is 14.9 Å². The van der Waals surface area contributed by atoms with Crippen LogP contribution in [0.3, 0.4) is 0 Å². The molecule has 98 valence electrons. The van der Waals surface area contributed by atoms with Gasteiger partial charge in [-0.05, 0) is 26.7 Å². The lowest BCUT2D eigenvalue weighted by atomic mass is 9.95. The van der Waals surface area contributed by atoms with Gasteiger partial charge in [0.2, 0.25) is 11.8 Å². The number of aryl methyl sites for hydroxylation is 1. The second-order valence-corrected chi connectivity index (χ2v) is 4.69. The van der Waals surface area contributed by atoms with Crippen LogP contribution in [0.15, 0.2) is 4.52 Å². The molecule has 2 atom stereocenters. The summed E-state index contributed by atoms with van der Waals surface area (Å²) in [7, 11) is 0. The molecule has 1 amide bonds. The van der Waals surface area contributed by atoms with Crippen molar-refractivity contribution in [2.45, 2.75) is 33.1 Å². The molecule has 2 unspecified atom stereocenters. The summed E-state index contributed by atoms with van der Waals surface area (Å²) >= 11 is 0. The van der Waals surface area contributed by atoms with Gasteiger partial charge < -0.3 is 9.63 Å². The van der Waals surface area contributed by atoms with Gasteiger partial charge in [0.05, 0.1) is 17.5 Å². The van der Waals surface area contributed by atoms with Crippen LogP contribution in [0, 0.1) is 25.7 Å². The van der Waals surface area contributed by atoms with Gasteiger partial charge in [0.15, 0.2) is 0 Å². The van der Waals surface area contributed by atoms with Gasteiger partial charge in [-0.2, -0.15) is 0 Å². The van der Waals surface area contributed by atoms with E-state index in [-0.39, 0.29) is 5.91 Å². The number of carboxylic acid groups (broad SMARTS) is 1. The molecule has 1 aliphatic rings. The molecule has 2 rings (SSSR count). The number of carboxylic acids is 1. The largest absolute Gasteiger partial charge is 0.481 e. The number of hydrogen-bond acceptors (Lipinski definition) is 4. The van der Waals surface area contributed by atoms with E-state index < -0.39 is 17.8 Å². The summed E-state index contributed by atoms with van der Waals surface area (Å²) in [6.07, 6.45) is 1.93. The number of rotatable bonds is 3. The topological polar surface area (TPSA) is 92.4 Å². The number of aromatic nitrogens is 1. The predicted octanol–water partition coefficient (Wildman–Crippen LogP) is 1.73. The monoisotopic (exact) mass is 252 g/mol. The number of nitrogens with zero attached hydrogens (tertiary/aromatic N) is 1. The van der Waals surface area contributed by atoms with Crippen molar-refractivity contribution in [3.8, 4) is 0 Å². The number of hydrogen-bond donors (Lipinski definition) is 2. The van der Waals surface area contributed by atoms with Gasteiger partial charge in [-0.25, -0.2) is 0 Å². The smallest absolute Gasteiger partial charge is 0.307 e. The van der Waals surface area contributed by atoms with Crippen LogP contribution in [0.2, 0.25) is 0 Å². The summed E-state index contributed by atoms with van der Waals surface area (Å²) in [6, 6.07) is 0. The van der Waals surface area contributed by atoms with Crippen molar-refractivity contribution in [1.82, 2.24) is 5.16 Å². The van der Waals surface area contributed by atoms with E-state index in [0.29, 0.717) is 24.4 Å². The van der Waals surface area contributed by atoms with E-state index in [1.165, 1.54) is 0 Å². The number of amides is 1. The van der Waals surface area contributed by atoms with Crippen LogP contribution < -0.4 is 5.32 Å². The highest BCUT2D eigenvalue weighted by Crippen LogP contribution is 2.33. The van der Waals surface area contributed by atoms with E-state index in [1.54, 1.807) is 13.8 Å². The molecule has 0 saturated heterocycles. The SMILES string of the molecule is Cc1noc(NC(=O)C2CCCC2C(=O)O)c1C. The first kappa shape index (κ1) is 12.6. The number of carbonyl (C=O) groups is 2. The van der Waals surface area contributed by atoms with Crippen molar-refractivity contribution in [3.05, 3.63) is 11.3 Å². The zero-order chi connectivity index (χ0) is 13.3. The third kappa shape index (κ3) is 2.23. The second kappa shape index (κ2) is 4.80. The van der Waals surface area contributed by atoms with E-state index in [2.05, 4.69) is 10.5 Å². The zero-order valence-electron chi connectivity index (χ0n) is 10.4. The first-order chi connectivity index (χ1) is 8.50. The fourth-order valence-corrected chi connectivity index (χ4v) is 2.31.